The number of nitrogens with zero attached hydrogens (tertiary/aromatic N) is 2. The van der Waals surface area contributed by atoms with Crippen LogP contribution in [0.3, 0.4) is 0 Å². The van der Waals surface area contributed by atoms with E-state index < -0.39 is 11.7 Å². The smallest absolute Gasteiger partial charge is 0.252 e. The van der Waals surface area contributed by atoms with E-state index in [0.717, 1.165) is 30.5 Å². The van der Waals surface area contributed by atoms with Crippen LogP contribution in [0.5, 0.6) is 0 Å². The van der Waals surface area contributed by atoms with Crippen molar-refractivity contribution >= 4 is 33.6 Å². The van der Waals surface area contributed by atoms with Gasteiger partial charge in [0.2, 0.25) is 5.91 Å². The number of carbonyl (C=O) groups is 2. The molecule has 0 unspecified atom stereocenters. The first kappa shape index (κ1) is 21.2. The highest BCUT2D eigenvalue weighted by molar-refractivity contribution is 9.10. The van der Waals surface area contributed by atoms with E-state index in [0.29, 0.717) is 24.2 Å². The second kappa shape index (κ2) is 10.3. The average Bonchev–Trinajstić information content (AvgIpc) is 2.74. The summed E-state index contributed by atoms with van der Waals surface area (Å²) >= 11 is 3.22. The lowest BCUT2D eigenvalue weighted by molar-refractivity contribution is -0.121. The molecule has 0 saturated carbocycles. The van der Waals surface area contributed by atoms with Gasteiger partial charge >= 0.3 is 0 Å². The predicted octanol–water partition coefficient (Wildman–Crippen LogP) is 2.26. The number of nitrogens with one attached hydrogen (secondary N) is 2. The largest absolute Gasteiger partial charge is 0.378 e. The quantitative estimate of drug-likeness (QED) is 0.656. The third-order valence-electron chi connectivity index (χ3n) is 4.46. The van der Waals surface area contributed by atoms with Crippen molar-refractivity contribution in [3.8, 4) is 0 Å². The molecule has 0 atom stereocenters. The molecule has 1 fully saturated rings. The Morgan fingerprint density at radius 1 is 1.21 bits per heavy atom. The molecule has 154 valence electrons. The van der Waals surface area contributed by atoms with Crippen LogP contribution >= 0.6 is 15.9 Å². The van der Waals surface area contributed by atoms with Crippen molar-refractivity contribution < 1.29 is 18.7 Å². The van der Waals surface area contributed by atoms with Crippen molar-refractivity contribution in [1.82, 2.24) is 15.6 Å². The van der Waals surface area contributed by atoms with E-state index in [9.17, 15) is 14.0 Å². The van der Waals surface area contributed by atoms with Crippen LogP contribution < -0.4 is 15.5 Å². The molecule has 1 aliphatic heterocycles. The Labute approximate surface area is 176 Å². The summed E-state index contributed by atoms with van der Waals surface area (Å²) in [5.74, 6) is -0.282. The maximum absolute atomic E-state index is 13.3. The van der Waals surface area contributed by atoms with Crippen LogP contribution in [0.1, 0.15) is 22.3 Å². The van der Waals surface area contributed by atoms with Crippen LogP contribution in [0.2, 0.25) is 0 Å². The standard InChI is InChI=1S/C20H22BrFN4O3/c21-17-4-3-15(22)12-16(17)20(28)24-7-5-18(27)25-13-14-2-1-6-23-19(14)26-8-10-29-11-9-26/h1-4,6,12H,5,7-11,13H2,(H,24,28)(H,25,27). The molecular formula is C20H22BrFN4O3. The summed E-state index contributed by atoms with van der Waals surface area (Å²) in [6.07, 6.45) is 1.85. The molecule has 7 nitrogen and oxygen atoms in total. The minimum atomic E-state index is -0.497. The van der Waals surface area contributed by atoms with Gasteiger partial charge in [0.05, 0.1) is 18.8 Å². The Morgan fingerprint density at radius 2 is 2.00 bits per heavy atom. The molecule has 1 aliphatic rings. The monoisotopic (exact) mass is 464 g/mol. The number of ether oxygens (including phenoxy) is 1. The van der Waals surface area contributed by atoms with Crippen molar-refractivity contribution in [2.24, 2.45) is 0 Å². The summed E-state index contributed by atoms with van der Waals surface area (Å²) in [4.78, 5) is 30.9. The van der Waals surface area contributed by atoms with Gasteiger partial charge < -0.3 is 20.3 Å². The Hall–Kier alpha value is -2.52. The maximum Gasteiger partial charge on any atom is 0.252 e. The minimum Gasteiger partial charge on any atom is -0.378 e. The van der Waals surface area contributed by atoms with Gasteiger partial charge in [-0.25, -0.2) is 9.37 Å². The zero-order valence-corrected chi connectivity index (χ0v) is 17.4. The molecule has 2 aromatic rings. The fourth-order valence-corrected chi connectivity index (χ4v) is 3.39. The molecule has 2 N–H and O–H groups in total. The number of aromatic nitrogens is 1. The SMILES string of the molecule is O=C(CCNC(=O)c1cc(F)ccc1Br)NCc1cccnc1N1CCOCC1. The minimum absolute atomic E-state index is 0.117. The number of morpholine rings is 1. The number of carbonyl (C=O) groups excluding carboxylic acids is 2. The Kier molecular flexibility index (Phi) is 7.54. The van der Waals surface area contributed by atoms with Gasteiger partial charge in [-0.3, -0.25) is 9.59 Å². The molecule has 3 rings (SSSR count). The van der Waals surface area contributed by atoms with Crippen molar-refractivity contribution in [3.63, 3.8) is 0 Å². The topological polar surface area (TPSA) is 83.6 Å². The van der Waals surface area contributed by atoms with Crippen LogP contribution in [-0.4, -0.2) is 49.6 Å². The Balaban J connectivity index is 1.47. The van der Waals surface area contributed by atoms with E-state index >= 15 is 0 Å². The molecule has 0 spiro atoms. The second-order valence-electron chi connectivity index (χ2n) is 6.49. The van der Waals surface area contributed by atoms with Gasteiger partial charge in [0.25, 0.3) is 5.91 Å². The van der Waals surface area contributed by atoms with Crippen LogP contribution in [0.15, 0.2) is 41.0 Å². The van der Waals surface area contributed by atoms with E-state index in [1.54, 1.807) is 6.20 Å². The van der Waals surface area contributed by atoms with Crippen LogP contribution in [0.4, 0.5) is 10.2 Å². The fraction of sp³-hybridized carbons (Fsp3) is 0.350. The molecular weight excluding hydrogens is 443 g/mol. The van der Waals surface area contributed by atoms with Gasteiger partial charge in [0, 0.05) is 48.8 Å². The van der Waals surface area contributed by atoms with E-state index in [1.165, 1.54) is 12.1 Å². The van der Waals surface area contributed by atoms with Crippen molar-refractivity contribution in [3.05, 3.63) is 57.9 Å². The van der Waals surface area contributed by atoms with Gasteiger partial charge in [-0.05, 0) is 40.2 Å². The summed E-state index contributed by atoms with van der Waals surface area (Å²) in [7, 11) is 0. The average molecular weight is 465 g/mol. The highest BCUT2D eigenvalue weighted by Gasteiger charge is 2.16. The second-order valence-corrected chi connectivity index (χ2v) is 7.35. The van der Waals surface area contributed by atoms with Crippen molar-refractivity contribution in [2.45, 2.75) is 13.0 Å². The lowest BCUT2D eigenvalue weighted by atomic mass is 10.2. The van der Waals surface area contributed by atoms with Crippen LogP contribution in [0, 0.1) is 5.82 Å². The summed E-state index contributed by atoms with van der Waals surface area (Å²) < 4.78 is 19.2. The molecule has 29 heavy (non-hydrogen) atoms. The van der Waals surface area contributed by atoms with E-state index in [2.05, 4.69) is 36.4 Å². The normalized spacial score (nSPS) is 13.8. The molecule has 2 amide bonds. The van der Waals surface area contributed by atoms with Gasteiger partial charge in [0.15, 0.2) is 0 Å². The van der Waals surface area contributed by atoms with Gasteiger partial charge in [-0.2, -0.15) is 0 Å². The molecule has 0 aliphatic carbocycles. The van der Waals surface area contributed by atoms with Crippen molar-refractivity contribution in [1.29, 1.82) is 0 Å². The number of hydrogen-bond acceptors (Lipinski definition) is 5. The molecule has 1 saturated heterocycles. The highest BCUT2D eigenvalue weighted by Crippen LogP contribution is 2.19. The Morgan fingerprint density at radius 3 is 2.79 bits per heavy atom. The molecule has 9 heteroatoms. The number of amides is 2. The first-order chi connectivity index (χ1) is 14.0. The van der Waals surface area contributed by atoms with E-state index in [1.807, 2.05) is 12.1 Å². The molecule has 0 radical (unpaired) electrons. The summed E-state index contributed by atoms with van der Waals surface area (Å²) in [6, 6.07) is 7.65. The van der Waals surface area contributed by atoms with Crippen molar-refractivity contribution in [2.75, 3.05) is 37.7 Å². The lowest BCUT2D eigenvalue weighted by Gasteiger charge is -2.29. The van der Waals surface area contributed by atoms with E-state index in [-0.39, 0.29) is 24.4 Å². The fourth-order valence-electron chi connectivity index (χ4n) is 2.97. The molecule has 0 bridgehead atoms. The lowest BCUT2D eigenvalue weighted by Crippen LogP contribution is -2.38. The zero-order chi connectivity index (χ0) is 20.6. The summed E-state index contributed by atoms with van der Waals surface area (Å²) in [5, 5.41) is 5.48. The third-order valence-corrected chi connectivity index (χ3v) is 5.16. The Bertz CT molecular complexity index is 875. The number of anilines is 1. The number of rotatable bonds is 7. The number of benzene rings is 1. The summed E-state index contributed by atoms with van der Waals surface area (Å²) in [6.45, 7) is 3.34. The molecule has 2 heterocycles. The van der Waals surface area contributed by atoms with Gasteiger partial charge in [-0.1, -0.05) is 6.07 Å². The highest BCUT2D eigenvalue weighted by atomic mass is 79.9. The molecule has 1 aromatic carbocycles. The maximum atomic E-state index is 13.3. The van der Waals surface area contributed by atoms with E-state index in [4.69, 9.17) is 4.74 Å². The molecule has 1 aromatic heterocycles. The van der Waals surface area contributed by atoms with Gasteiger partial charge in [-0.15, -0.1) is 0 Å². The zero-order valence-electron chi connectivity index (χ0n) is 15.8. The number of halogens is 2. The predicted molar refractivity (Wildman–Crippen MR) is 110 cm³/mol. The number of hydrogen-bond donors (Lipinski definition) is 2. The first-order valence-electron chi connectivity index (χ1n) is 9.31. The van der Waals surface area contributed by atoms with Crippen LogP contribution in [-0.2, 0) is 16.1 Å². The third kappa shape index (κ3) is 5.98. The number of pyridine rings is 1. The van der Waals surface area contributed by atoms with Crippen LogP contribution in [0.25, 0.3) is 0 Å². The summed E-state index contributed by atoms with van der Waals surface area (Å²) in [5.41, 5.74) is 1.12. The first-order valence-corrected chi connectivity index (χ1v) is 10.1. The van der Waals surface area contributed by atoms with Gasteiger partial charge in [0.1, 0.15) is 11.6 Å².